The molecule has 2 rings (SSSR count). The summed E-state index contributed by atoms with van der Waals surface area (Å²) >= 11 is 5.78. The Morgan fingerprint density at radius 2 is 2.00 bits per heavy atom. The Kier molecular flexibility index (Phi) is 4.37. The van der Waals surface area contributed by atoms with Crippen LogP contribution in [0.5, 0.6) is 5.75 Å². The van der Waals surface area contributed by atoms with Crippen LogP contribution in [0.25, 0.3) is 6.08 Å². The van der Waals surface area contributed by atoms with E-state index in [1.54, 1.807) is 43.5 Å². The fraction of sp³-hybridized carbons (Fsp3) is 0.0625. The number of allylic oxidation sites excluding steroid dienone is 1. The van der Waals surface area contributed by atoms with Crippen LogP contribution < -0.4 is 4.74 Å². The van der Waals surface area contributed by atoms with Gasteiger partial charge in [0, 0.05) is 16.7 Å². The number of carbonyl (C=O) groups is 1. The van der Waals surface area contributed by atoms with Crippen LogP contribution in [0, 0.1) is 6.07 Å². The van der Waals surface area contributed by atoms with Gasteiger partial charge in [0.25, 0.3) is 0 Å². The number of rotatable bonds is 4. The molecule has 0 aliphatic heterocycles. The van der Waals surface area contributed by atoms with Gasteiger partial charge in [-0.3, -0.25) is 4.79 Å². The van der Waals surface area contributed by atoms with Crippen LogP contribution >= 0.6 is 11.6 Å². The minimum Gasteiger partial charge on any atom is -0.496 e. The lowest BCUT2D eigenvalue weighted by Crippen LogP contribution is -1.93. The van der Waals surface area contributed by atoms with Gasteiger partial charge in [-0.15, -0.1) is 0 Å². The highest BCUT2D eigenvalue weighted by molar-refractivity contribution is 6.30. The smallest absolute Gasteiger partial charge is 0.185 e. The van der Waals surface area contributed by atoms with Crippen LogP contribution in [0.4, 0.5) is 0 Å². The zero-order valence-electron chi connectivity index (χ0n) is 10.4. The lowest BCUT2D eigenvalue weighted by Gasteiger charge is -1.99. The predicted molar refractivity (Wildman–Crippen MR) is 76.6 cm³/mol. The van der Waals surface area contributed by atoms with Crippen molar-refractivity contribution in [3.8, 4) is 5.75 Å². The van der Waals surface area contributed by atoms with Gasteiger partial charge in [-0.1, -0.05) is 23.7 Å². The Labute approximate surface area is 117 Å². The van der Waals surface area contributed by atoms with Gasteiger partial charge in [0.15, 0.2) is 5.78 Å². The Morgan fingerprint density at radius 1 is 1.26 bits per heavy atom. The summed E-state index contributed by atoms with van der Waals surface area (Å²) in [6.07, 6.45) is 3.27. The zero-order valence-corrected chi connectivity index (χ0v) is 11.1. The average molecular weight is 272 g/mol. The van der Waals surface area contributed by atoms with Gasteiger partial charge < -0.3 is 4.74 Å². The highest BCUT2D eigenvalue weighted by Crippen LogP contribution is 2.14. The second kappa shape index (κ2) is 6.21. The third-order valence-electron chi connectivity index (χ3n) is 2.57. The first-order valence-corrected chi connectivity index (χ1v) is 6.10. The number of benzene rings is 2. The Morgan fingerprint density at radius 3 is 2.68 bits per heavy atom. The first-order chi connectivity index (χ1) is 9.19. The topological polar surface area (TPSA) is 26.3 Å². The number of halogens is 1. The van der Waals surface area contributed by atoms with E-state index in [4.69, 9.17) is 16.3 Å². The molecule has 0 aliphatic carbocycles. The quantitative estimate of drug-likeness (QED) is 0.619. The van der Waals surface area contributed by atoms with E-state index in [1.807, 2.05) is 12.1 Å². The van der Waals surface area contributed by atoms with Crippen LogP contribution in [0.3, 0.4) is 0 Å². The Bertz CT molecular complexity index is 600. The van der Waals surface area contributed by atoms with Gasteiger partial charge in [0.2, 0.25) is 0 Å². The molecule has 0 heterocycles. The number of ketones is 1. The molecule has 0 aromatic heterocycles. The second-order valence-corrected chi connectivity index (χ2v) is 4.33. The van der Waals surface area contributed by atoms with Crippen LogP contribution in [0.1, 0.15) is 15.9 Å². The van der Waals surface area contributed by atoms with E-state index < -0.39 is 0 Å². The number of ether oxygens (including phenoxy) is 1. The molecule has 0 aliphatic rings. The maximum absolute atomic E-state index is 11.9. The maximum atomic E-state index is 11.9. The molecule has 95 valence electrons. The van der Waals surface area contributed by atoms with Crippen molar-refractivity contribution < 1.29 is 9.53 Å². The van der Waals surface area contributed by atoms with Crippen molar-refractivity contribution in [3.05, 3.63) is 70.8 Å². The van der Waals surface area contributed by atoms with Crippen molar-refractivity contribution in [2.45, 2.75) is 0 Å². The molecule has 0 amide bonds. The molecular weight excluding hydrogens is 260 g/mol. The van der Waals surface area contributed by atoms with Gasteiger partial charge in [0.1, 0.15) is 5.75 Å². The number of hydrogen-bond acceptors (Lipinski definition) is 2. The molecule has 0 bridgehead atoms. The van der Waals surface area contributed by atoms with Crippen LogP contribution in [-0.2, 0) is 0 Å². The first kappa shape index (κ1) is 13.4. The molecule has 0 spiro atoms. The summed E-state index contributed by atoms with van der Waals surface area (Å²) in [4.78, 5) is 11.9. The standard InChI is InChI=1S/C16H12ClO2/c1-19-15-4-2-3-12(11-15)5-10-16(18)13-6-8-14(17)9-7-13/h2-3,5-11H,1H3/b10-5+. The summed E-state index contributed by atoms with van der Waals surface area (Å²) in [6, 6.07) is 15.2. The van der Waals surface area contributed by atoms with E-state index >= 15 is 0 Å². The summed E-state index contributed by atoms with van der Waals surface area (Å²) in [5.74, 6) is 0.574. The number of carbonyl (C=O) groups excluding carboxylic acids is 1. The minimum atomic E-state index is -0.0662. The highest BCUT2D eigenvalue weighted by Gasteiger charge is 2.01. The largest absolute Gasteiger partial charge is 0.496 e. The van der Waals surface area contributed by atoms with Gasteiger partial charge in [-0.25, -0.2) is 0 Å². The summed E-state index contributed by atoms with van der Waals surface area (Å²) < 4.78 is 5.07. The lowest BCUT2D eigenvalue weighted by atomic mass is 10.1. The molecule has 0 atom stereocenters. The molecule has 19 heavy (non-hydrogen) atoms. The lowest BCUT2D eigenvalue weighted by molar-refractivity contribution is 0.104. The molecule has 2 aromatic rings. The van der Waals surface area contributed by atoms with Crippen LogP contribution in [0.15, 0.2) is 48.5 Å². The second-order valence-electron chi connectivity index (χ2n) is 3.89. The summed E-state index contributed by atoms with van der Waals surface area (Å²) in [7, 11) is 1.58. The van der Waals surface area contributed by atoms with Crippen molar-refractivity contribution in [1.82, 2.24) is 0 Å². The maximum Gasteiger partial charge on any atom is 0.185 e. The van der Waals surface area contributed by atoms with E-state index in [9.17, 15) is 4.79 Å². The predicted octanol–water partition coefficient (Wildman–Crippen LogP) is 4.04. The molecule has 0 fully saturated rings. The monoisotopic (exact) mass is 271 g/mol. The van der Waals surface area contributed by atoms with E-state index in [0.717, 1.165) is 5.56 Å². The molecule has 0 saturated heterocycles. The SMILES string of the molecule is COc1[c]ccc(/C=C/C(=O)c2ccc(Cl)cc2)c1. The number of hydrogen-bond donors (Lipinski definition) is 0. The van der Waals surface area contributed by atoms with Crippen molar-refractivity contribution in [1.29, 1.82) is 0 Å². The summed E-state index contributed by atoms with van der Waals surface area (Å²) in [5, 5.41) is 0.615. The molecule has 0 saturated carbocycles. The minimum absolute atomic E-state index is 0.0662. The fourth-order valence-electron chi connectivity index (χ4n) is 1.56. The van der Waals surface area contributed by atoms with Crippen molar-refractivity contribution in [2.24, 2.45) is 0 Å². The first-order valence-electron chi connectivity index (χ1n) is 5.73. The van der Waals surface area contributed by atoms with E-state index in [0.29, 0.717) is 16.3 Å². The van der Waals surface area contributed by atoms with Gasteiger partial charge in [0.05, 0.1) is 7.11 Å². The molecule has 2 nitrogen and oxygen atoms in total. The van der Waals surface area contributed by atoms with E-state index in [1.165, 1.54) is 6.08 Å². The Hall–Kier alpha value is -2.06. The zero-order chi connectivity index (χ0) is 13.7. The Balaban J connectivity index is 2.13. The van der Waals surface area contributed by atoms with Crippen molar-refractivity contribution >= 4 is 23.5 Å². The third kappa shape index (κ3) is 3.70. The molecular formula is C16H12ClO2. The summed E-state index contributed by atoms with van der Waals surface area (Å²) in [6.45, 7) is 0. The molecule has 0 N–H and O–H groups in total. The summed E-state index contributed by atoms with van der Waals surface area (Å²) in [5.41, 5.74) is 1.49. The molecule has 1 radical (unpaired) electrons. The van der Waals surface area contributed by atoms with Gasteiger partial charge >= 0.3 is 0 Å². The van der Waals surface area contributed by atoms with Gasteiger partial charge in [-0.2, -0.15) is 0 Å². The van der Waals surface area contributed by atoms with Gasteiger partial charge in [-0.05, 0) is 48.0 Å². The van der Waals surface area contributed by atoms with E-state index in [-0.39, 0.29) is 5.78 Å². The van der Waals surface area contributed by atoms with Crippen molar-refractivity contribution in [3.63, 3.8) is 0 Å². The van der Waals surface area contributed by atoms with Crippen LogP contribution in [0.2, 0.25) is 5.02 Å². The fourth-order valence-corrected chi connectivity index (χ4v) is 1.69. The number of methoxy groups -OCH3 is 1. The highest BCUT2D eigenvalue weighted by atomic mass is 35.5. The van der Waals surface area contributed by atoms with Crippen molar-refractivity contribution in [2.75, 3.05) is 7.11 Å². The van der Waals surface area contributed by atoms with Crippen LogP contribution in [-0.4, -0.2) is 12.9 Å². The molecule has 3 heteroatoms. The third-order valence-corrected chi connectivity index (χ3v) is 2.83. The molecule has 0 unspecified atom stereocenters. The van der Waals surface area contributed by atoms with E-state index in [2.05, 4.69) is 6.07 Å². The average Bonchev–Trinajstić information content (AvgIpc) is 2.46. The normalized spacial score (nSPS) is 10.6. The molecule has 2 aromatic carbocycles.